The Morgan fingerprint density at radius 1 is 1.00 bits per heavy atom. The van der Waals surface area contributed by atoms with Crippen LogP contribution >= 0.6 is 0 Å². The van der Waals surface area contributed by atoms with Gasteiger partial charge in [-0.25, -0.2) is 0 Å². The number of halogens is 2. The van der Waals surface area contributed by atoms with E-state index in [0.29, 0.717) is 4.22 Å². The molecule has 0 fully saturated rings. The monoisotopic (exact) mass is 469 g/mol. The molecule has 2 aliphatic rings. The van der Waals surface area contributed by atoms with E-state index in [2.05, 4.69) is 90.5 Å². The number of nitrogens with zero attached hydrogens (tertiary/aromatic N) is 1. The molecule has 1 atom stereocenters. The van der Waals surface area contributed by atoms with Crippen molar-refractivity contribution in [3.8, 4) is 0 Å². The maximum Gasteiger partial charge on any atom is -1.00 e. The van der Waals surface area contributed by atoms with Gasteiger partial charge in [-0.3, -0.25) is 0 Å². The topological polar surface area (TPSA) is 4.93 Å². The summed E-state index contributed by atoms with van der Waals surface area (Å²) in [7, 11) is 0. The second-order valence-corrected chi connectivity index (χ2v) is 10.0. The van der Waals surface area contributed by atoms with Gasteiger partial charge in [-0.15, -0.1) is 0 Å². The first-order valence-electron chi connectivity index (χ1n) is 10.4. The summed E-state index contributed by atoms with van der Waals surface area (Å²) in [6.45, 7) is 2.29. The molecule has 0 radical (unpaired) electrons. The number of hydrogen-bond acceptors (Lipinski definition) is 0. The van der Waals surface area contributed by atoms with Crippen LogP contribution < -0.4 is 24.8 Å². The molecule has 0 N–H and O–H groups in total. The van der Waals surface area contributed by atoms with Crippen LogP contribution in [0.4, 0.5) is 0 Å². The summed E-state index contributed by atoms with van der Waals surface area (Å²) in [5, 5.41) is 1.32. The third-order valence-electron chi connectivity index (χ3n) is 5.93. The molecule has 0 spiro atoms. The van der Waals surface area contributed by atoms with E-state index in [1.54, 1.807) is 9.45 Å². The van der Waals surface area contributed by atoms with Crippen LogP contribution in [0, 0.1) is 0 Å². The van der Waals surface area contributed by atoms with Gasteiger partial charge in [0.05, 0.1) is 0 Å². The Morgan fingerprint density at radius 2 is 1.80 bits per heavy atom. The summed E-state index contributed by atoms with van der Waals surface area (Å²) in [5.74, 6) is 0. The first kappa shape index (κ1) is 23.2. The molecule has 152 valence electrons. The predicted octanol–water partition coefficient (Wildman–Crippen LogP) is 1.19. The van der Waals surface area contributed by atoms with Gasteiger partial charge in [0.15, 0.2) is 0 Å². The standard InChI is InChI=1S/C17H12N.C9H13.2ClH.Ti/c1-2-7-15-12-16(11-14(15)6-1)18-10-9-13-5-3-4-8-17(13)18;1-2-3-6-9-7-4-5-8-9;;;/h1-12H;4,7H,2-3,5-6H2,1H3;2*1H;/q;;;;+2/p-2. The molecule has 2 aromatic carbocycles. The molecular formula is C26H25Cl2NTi. The zero-order chi connectivity index (χ0) is 18.9. The van der Waals surface area contributed by atoms with E-state index < -0.39 is 0 Å². The Bertz CT molecular complexity index is 1120. The van der Waals surface area contributed by atoms with Crippen molar-refractivity contribution in [1.29, 1.82) is 0 Å². The van der Waals surface area contributed by atoms with Crippen LogP contribution in [0.5, 0.6) is 0 Å². The van der Waals surface area contributed by atoms with Crippen molar-refractivity contribution >= 4 is 22.7 Å². The third-order valence-corrected chi connectivity index (χ3v) is 8.69. The summed E-state index contributed by atoms with van der Waals surface area (Å²) in [5.41, 5.74) is 7.37. The maximum atomic E-state index is 2.44. The van der Waals surface area contributed by atoms with Gasteiger partial charge in [0, 0.05) is 0 Å². The van der Waals surface area contributed by atoms with Crippen LogP contribution in [0.25, 0.3) is 22.7 Å². The summed E-state index contributed by atoms with van der Waals surface area (Å²) in [6, 6.07) is 20.0. The minimum Gasteiger partial charge on any atom is -1.00 e. The summed E-state index contributed by atoms with van der Waals surface area (Å²) < 4.78 is 4.76. The Morgan fingerprint density at radius 3 is 2.67 bits per heavy atom. The van der Waals surface area contributed by atoms with Crippen molar-refractivity contribution in [2.45, 2.75) is 36.8 Å². The fourth-order valence-corrected chi connectivity index (χ4v) is 7.21. The molecule has 0 amide bonds. The van der Waals surface area contributed by atoms with Crippen molar-refractivity contribution < 1.29 is 44.0 Å². The summed E-state index contributed by atoms with van der Waals surface area (Å²) in [4.78, 5) is 0. The fraction of sp³-hybridized carbons (Fsp3) is 0.231. The van der Waals surface area contributed by atoms with Crippen molar-refractivity contribution in [3.05, 3.63) is 93.5 Å². The number of rotatable bonds is 6. The number of fused-ring (bicyclic) bond motifs is 2. The summed E-state index contributed by atoms with van der Waals surface area (Å²) >= 11 is -0.272. The van der Waals surface area contributed by atoms with Crippen LogP contribution in [0.2, 0.25) is 0 Å². The number of allylic oxidation sites excluding steroid dienone is 5. The number of hydrogen-bond donors (Lipinski definition) is 0. The smallest absolute Gasteiger partial charge is 1.00 e. The van der Waals surface area contributed by atoms with Crippen molar-refractivity contribution in [1.82, 2.24) is 4.57 Å². The quantitative estimate of drug-likeness (QED) is 0.478. The first-order valence-corrected chi connectivity index (χ1v) is 12.1. The van der Waals surface area contributed by atoms with Gasteiger partial charge in [0.2, 0.25) is 0 Å². The van der Waals surface area contributed by atoms with E-state index in [1.165, 1.54) is 53.4 Å². The molecule has 4 heteroatoms. The van der Waals surface area contributed by atoms with Crippen LogP contribution in [0.15, 0.2) is 82.4 Å². The third kappa shape index (κ3) is 4.27. The second kappa shape index (κ2) is 10.2. The normalized spacial score (nSPS) is 16.7. The van der Waals surface area contributed by atoms with Gasteiger partial charge in [-0.2, -0.15) is 0 Å². The molecule has 3 aromatic rings. The Labute approximate surface area is 200 Å². The van der Waals surface area contributed by atoms with Crippen LogP contribution in [0.3, 0.4) is 0 Å². The van der Waals surface area contributed by atoms with E-state index in [9.17, 15) is 0 Å². The molecule has 30 heavy (non-hydrogen) atoms. The number of para-hydroxylation sites is 1. The summed E-state index contributed by atoms with van der Waals surface area (Å²) in [6.07, 6.45) is 14.5. The minimum atomic E-state index is -0.272. The number of benzene rings is 2. The average molecular weight is 470 g/mol. The molecule has 0 aliphatic heterocycles. The number of aromatic nitrogens is 1. The SMILES string of the molecule is CCCCC1=[C]([Ti+2][CH]2C(n3ccc4ccccc43)=Cc3ccccc32)CC=C1.[Cl-].[Cl-]. The van der Waals surface area contributed by atoms with E-state index in [-0.39, 0.29) is 44.0 Å². The molecule has 0 saturated heterocycles. The van der Waals surface area contributed by atoms with Gasteiger partial charge < -0.3 is 24.8 Å². The van der Waals surface area contributed by atoms with Crippen LogP contribution in [0.1, 0.15) is 48.0 Å². The van der Waals surface area contributed by atoms with Gasteiger partial charge in [-0.05, 0) is 0 Å². The van der Waals surface area contributed by atoms with Crippen molar-refractivity contribution in [3.63, 3.8) is 0 Å². The van der Waals surface area contributed by atoms with Crippen LogP contribution in [-0.4, -0.2) is 4.57 Å². The Kier molecular flexibility index (Phi) is 7.88. The van der Waals surface area contributed by atoms with Crippen molar-refractivity contribution in [2.75, 3.05) is 0 Å². The molecule has 0 bridgehead atoms. The predicted molar refractivity (Wildman–Crippen MR) is 116 cm³/mol. The zero-order valence-electron chi connectivity index (χ0n) is 17.1. The van der Waals surface area contributed by atoms with Gasteiger partial charge >= 0.3 is 177 Å². The van der Waals surface area contributed by atoms with E-state index in [1.807, 2.05) is 0 Å². The maximum absolute atomic E-state index is 2.44. The Hall–Kier alpha value is -1.51. The average Bonchev–Trinajstić information content (AvgIpc) is 3.44. The molecular weight excluding hydrogens is 445 g/mol. The molecule has 0 saturated carbocycles. The number of unbranched alkanes of at least 4 members (excludes halogenated alkanes) is 1. The van der Waals surface area contributed by atoms with E-state index >= 15 is 0 Å². The van der Waals surface area contributed by atoms with E-state index in [4.69, 9.17) is 0 Å². The van der Waals surface area contributed by atoms with Gasteiger partial charge in [-0.1, -0.05) is 0 Å². The van der Waals surface area contributed by atoms with Crippen molar-refractivity contribution in [2.24, 2.45) is 0 Å². The second-order valence-electron chi connectivity index (χ2n) is 7.73. The van der Waals surface area contributed by atoms with Crippen LogP contribution in [-0.2, 0) is 19.2 Å². The molecule has 1 aromatic heterocycles. The fourth-order valence-electron chi connectivity index (χ4n) is 4.45. The zero-order valence-corrected chi connectivity index (χ0v) is 20.2. The van der Waals surface area contributed by atoms with Gasteiger partial charge in [0.25, 0.3) is 0 Å². The molecule has 5 rings (SSSR count). The molecule has 1 heterocycles. The first-order chi connectivity index (χ1) is 13.8. The van der Waals surface area contributed by atoms with E-state index in [0.717, 1.165) is 0 Å². The molecule has 1 nitrogen and oxygen atoms in total. The van der Waals surface area contributed by atoms with Gasteiger partial charge in [0.1, 0.15) is 0 Å². The molecule has 2 aliphatic carbocycles. The Balaban J connectivity index is 0.00000128. The molecule has 1 unspecified atom stereocenters. The largest absolute Gasteiger partial charge is 1.00 e. The minimum absolute atomic E-state index is 0.